The van der Waals surface area contributed by atoms with E-state index in [1.54, 1.807) is 12.1 Å². The van der Waals surface area contributed by atoms with Gasteiger partial charge in [-0.3, -0.25) is 9.59 Å². The van der Waals surface area contributed by atoms with E-state index in [2.05, 4.69) is 0 Å². The van der Waals surface area contributed by atoms with Crippen LogP contribution >= 0.6 is 11.6 Å². The molecule has 0 radical (unpaired) electrons. The highest BCUT2D eigenvalue weighted by Crippen LogP contribution is 2.22. The summed E-state index contributed by atoms with van der Waals surface area (Å²) in [4.78, 5) is 22.3. The molecule has 2 aromatic rings. The Bertz CT molecular complexity index is 672. The predicted molar refractivity (Wildman–Crippen MR) is 68.2 cm³/mol. The Balaban J connectivity index is 2.51. The van der Waals surface area contributed by atoms with Gasteiger partial charge in [0.1, 0.15) is 11.3 Å². The summed E-state index contributed by atoms with van der Waals surface area (Å²) in [7, 11) is 0. The van der Waals surface area contributed by atoms with E-state index >= 15 is 0 Å². The van der Waals surface area contributed by atoms with E-state index in [9.17, 15) is 9.59 Å². The van der Waals surface area contributed by atoms with Crippen molar-refractivity contribution in [3.8, 4) is 0 Å². The van der Waals surface area contributed by atoms with Crippen LogP contribution < -0.4 is 5.43 Å². The van der Waals surface area contributed by atoms with Crippen molar-refractivity contribution in [2.45, 2.75) is 19.8 Å². The maximum Gasteiger partial charge on any atom is 0.303 e. The number of carboxylic acids is 1. The minimum atomic E-state index is -0.926. The number of hydrogen-bond acceptors (Lipinski definition) is 3. The first-order valence-electron chi connectivity index (χ1n) is 5.42. The molecule has 0 bridgehead atoms. The fourth-order valence-corrected chi connectivity index (χ4v) is 1.84. The molecule has 0 saturated carbocycles. The quantitative estimate of drug-likeness (QED) is 0.927. The normalized spacial score (nSPS) is 10.8. The van der Waals surface area contributed by atoms with Crippen LogP contribution in [0.3, 0.4) is 0 Å². The molecule has 0 amide bonds. The van der Waals surface area contributed by atoms with Gasteiger partial charge in [0.25, 0.3) is 0 Å². The lowest BCUT2D eigenvalue weighted by Crippen LogP contribution is -2.04. The van der Waals surface area contributed by atoms with Crippen molar-refractivity contribution < 1.29 is 14.3 Å². The number of hydrogen-bond donors (Lipinski definition) is 1. The largest absolute Gasteiger partial charge is 0.481 e. The zero-order valence-corrected chi connectivity index (χ0v) is 10.5. The van der Waals surface area contributed by atoms with E-state index in [-0.39, 0.29) is 18.3 Å². The van der Waals surface area contributed by atoms with Crippen molar-refractivity contribution in [1.29, 1.82) is 0 Å². The van der Waals surface area contributed by atoms with Crippen LogP contribution in [0.15, 0.2) is 27.4 Å². The van der Waals surface area contributed by atoms with Gasteiger partial charge in [0.2, 0.25) is 0 Å². The van der Waals surface area contributed by atoms with E-state index in [1.165, 1.54) is 6.07 Å². The molecule has 5 heteroatoms. The third-order valence-electron chi connectivity index (χ3n) is 2.64. The topological polar surface area (TPSA) is 67.5 Å². The molecule has 1 N–H and O–H groups in total. The van der Waals surface area contributed by atoms with E-state index in [4.69, 9.17) is 21.1 Å². The third-order valence-corrected chi connectivity index (χ3v) is 3.05. The zero-order valence-electron chi connectivity index (χ0n) is 9.70. The number of carbonyl (C=O) groups is 1. The van der Waals surface area contributed by atoms with Crippen LogP contribution in [-0.4, -0.2) is 11.1 Å². The van der Waals surface area contributed by atoms with Crippen LogP contribution in [0.1, 0.15) is 17.7 Å². The van der Waals surface area contributed by atoms with Gasteiger partial charge in [-0.15, -0.1) is 0 Å². The molecule has 2 rings (SSSR count). The van der Waals surface area contributed by atoms with Gasteiger partial charge in [-0.2, -0.15) is 0 Å². The van der Waals surface area contributed by atoms with E-state index < -0.39 is 5.97 Å². The molecule has 0 aliphatic rings. The third kappa shape index (κ3) is 2.54. The van der Waals surface area contributed by atoms with E-state index in [1.807, 2.05) is 6.92 Å². The fraction of sp³-hybridized carbons (Fsp3) is 0.231. The second-order valence-electron chi connectivity index (χ2n) is 4.07. The van der Waals surface area contributed by atoms with Gasteiger partial charge < -0.3 is 9.52 Å². The molecule has 1 aromatic carbocycles. The summed E-state index contributed by atoms with van der Waals surface area (Å²) >= 11 is 5.94. The molecule has 18 heavy (non-hydrogen) atoms. The minimum Gasteiger partial charge on any atom is -0.481 e. The van der Waals surface area contributed by atoms with Gasteiger partial charge >= 0.3 is 5.97 Å². The maximum atomic E-state index is 11.8. The standard InChI is InChI=1S/C13H11ClO4/c1-7-4-12-9(6-10(7)14)11(15)5-8(18-12)2-3-13(16)17/h4-6H,2-3H2,1H3,(H,16,17). The first-order chi connectivity index (χ1) is 8.47. The second kappa shape index (κ2) is 4.82. The van der Waals surface area contributed by atoms with Gasteiger partial charge in [0.15, 0.2) is 5.43 Å². The van der Waals surface area contributed by atoms with Gasteiger partial charge in [0.05, 0.1) is 11.8 Å². The monoisotopic (exact) mass is 266 g/mol. The lowest BCUT2D eigenvalue weighted by Gasteiger charge is -2.04. The minimum absolute atomic E-state index is 0.0684. The van der Waals surface area contributed by atoms with Gasteiger partial charge in [-0.25, -0.2) is 0 Å². The van der Waals surface area contributed by atoms with Crippen LogP contribution in [0.4, 0.5) is 0 Å². The number of aryl methyl sites for hydroxylation is 2. The van der Waals surface area contributed by atoms with Crippen molar-refractivity contribution in [2.24, 2.45) is 0 Å². The summed E-state index contributed by atoms with van der Waals surface area (Å²) in [6.45, 7) is 1.81. The van der Waals surface area contributed by atoms with Crippen LogP contribution in [0.2, 0.25) is 5.02 Å². The first-order valence-corrected chi connectivity index (χ1v) is 5.80. The van der Waals surface area contributed by atoms with E-state index in [0.29, 0.717) is 21.8 Å². The number of halogens is 1. The zero-order chi connectivity index (χ0) is 13.3. The molecule has 0 aliphatic heterocycles. The predicted octanol–water partition coefficient (Wildman–Crippen LogP) is 2.77. The van der Waals surface area contributed by atoms with Crippen molar-refractivity contribution in [1.82, 2.24) is 0 Å². The molecule has 1 heterocycles. The average molecular weight is 267 g/mol. The summed E-state index contributed by atoms with van der Waals surface area (Å²) in [5, 5.41) is 9.52. The lowest BCUT2D eigenvalue weighted by atomic mass is 10.1. The number of fused-ring (bicyclic) bond motifs is 1. The Hall–Kier alpha value is -1.81. The molecule has 1 aromatic heterocycles. The first kappa shape index (κ1) is 12.6. The Morgan fingerprint density at radius 1 is 1.39 bits per heavy atom. The number of aliphatic carboxylic acids is 1. The molecule has 0 aliphatic carbocycles. The summed E-state index contributed by atoms with van der Waals surface area (Å²) in [5.41, 5.74) is 1.03. The van der Waals surface area contributed by atoms with Gasteiger partial charge in [0, 0.05) is 17.5 Å². The van der Waals surface area contributed by atoms with Crippen molar-refractivity contribution in [3.63, 3.8) is 0 Å². The van der Waals surface area contributed by atoms with Crippen LogP contribution in [0.5, 0.6) is 0 Å². The molecule has 0 fully saturated rings. The number of benzene rings is 1. The second-order valence-corrected chi connectivity index (χ2v) is 4.48. The van der Waals surface area contributed by atoms with Crippen LogP contribution in [-0.2, 0) is 11.2 Å². The Kier molecular flexibility index (Phi) is 3.39. The van der Waals surface area contributed by atoms with Crippen molar-refractivity contribution in [2.75, 3.05) is 0 Å². The maximum absolute atomic E-state index is 11.8. The van der Waals surface area contributed by atoms with Gasteiger partial charge in [-0.05, 0) is 24.6 Å². The smallest absolute Gasteiger partial charge is 0.303 e. The van der Waals surface area contributed by atoms with Crippen LogP contribution in [0.25, 0.3) is 11.0 Å². The summed E-state index contributed by atoms with van der Waals surface area (Å²) in [6.07, 6.45) is 0.128. The van der Waals surface area contributed by atoms with Crippen LogP contribution in [0, 0.1) is 6.92 Å². The summed E-state index contributed by atoms with van der Waals surface area (Å²) in [5.74, 6) is -0.554. The molecule has 94 valence electrons. The molecular formula is C13H11ClO4. The highest BCUT2D eigenvalue weighted by Gasteiger charge is 2.08. The molecule has 0 spiro atoms. The fourth-order valence-electron chi connectivity index (χ4n) is 1.68. The number of carboxylic acid groups (broad SMARTS) is 1. The molecule has 4 nitrogen and oxygen atoms in total. The van der Waals surface area contributed by atoms with Crippen molar-refractivity contribution in [3.05, 3.63) is 44.8 Å². The highest BCUT2D eigenvalue weighted by molar-refractivity contribution is 6.32. The number of rotatable bonds is 3. The lowest BCUT2D eigenvalue weighted by molar-refractivity contribution is -0.137. The molecule has 0 saturated heterocycles. The Morgan fingerprint density at radius 2 is 2.11 bits per heavy atom. The van der Waals surface area contributed by atoms with E-state index in [0.717, 1.165) is 5.56 Å². The SMILES string of the molecule is Cc1cc2oc(CCC(=O)O)cc(=O)c2cc1Cl. The average Bonchev–Trinajstić information content (AvgIpc) is 2.29. The molecular weight excluding hydrogens is 256 g/mol. The Morgan fingerprint density at radius 3 is 2.78 bits per heavy atom. The molecule has 0 atom stereocenters. The van der Waals surface area contributed by atoms with Gasteiger partial charge in [-0.1, -0.05) is 11.6 Å². The summed E-state index contributed by atoms with van der Waals surface area (Å²) in [6, 6.07) is 4.57. The highest BCUT2D eigenvalue weighted by atomic mass is 35.5. The summed E-state index contributed by atoms with van der Waals surface area (Å²) < 4.78 is 5.51. The Labute approximate surface area is 108 Å². The van der Waals surface area contributed by atoms with Crippen molar-refractivity contribution >= 4 is 28.5 Å². The molecule has 0 unspecified atom stereocenters.